The molecule has 1 saturated carbocycles. The summed E-state index contributed by atoms with van der Waals surface area (Å²) in [4.78, 5) is 32.3. The molecule has 3 aromatic carbocycles. The Bertz CT molecular complexity index is 1450. The van der Waals surface area contributed by atoms with Crippen LogP contribution in [-0.2, 0) is 4.79 Å². The van der Waals surface area contributed by atoms with Gasteiger partial charge in [0.1, 0.15) is 18.1 Å². The topological polar surface area (TPSA) is 76.5 Å². The maximum Gasteiger partial charge on any atom is 0.257 e. The van der Waals surface area contributed by atoms with Gasteiger partial charge in [-0.1, -0.05) is 41.9 Å². The second-order valence-corrected chi connectivity index (χ2v) is 9.16. The van der Waals surface area contributed by atoms with E-state index in [1.54, 1.807) is 36.1 Å². The third kappa shape index (κ3) is 5.49. The van der Waals surface area contributed by atoms with Crippen molar-refractivity contribution in [3.63, 3.8) is 0 Å². The summed E-state index contributed by atoms with van der Waals surface area (Å²) in [6.07, 6.45) is 3.34. The SMILES string of the molecule is COc1cccc(-n2cc(-c3ccc(Cl)cc3)nc2NC(=O)CN(C(=O)c2ccccc2F)C2CC2)c1. The lowest BCUT2D eigenvalue weighted by molar-refractivity contribution is -0.117. The first kappa shape index (κ1) is 24.5. The number of amides is 2. The highest BCUT2D eigenvalue weighted by atomic mass is 35.5. The Kier molecular flexibility index (Phi) is 6.92. The van der Waals surface area contributed by atoms with Gasteiger partial charge in [-0.3, -0.25) is 19.5 Å². The number of carbonyl (C=O) groups excluding carboxylic acids is 2. The van der Waals surface area contributed by atoms with Gasteiger partial charge < -0.3 is 9.64 Å². The van der Waals surface area contributed by atoms with E-state index in [-0.39, 0.29) is 24.1 Å². The van der Waals surface area contributed by atoms with Crippen LogP contribution in [-0.4, -0.2) is 46.0 Å². The molecule has 2 amide bonds. The van der Waals surface area contributed by atoms with Crippen LogP contribution in [0.15, 0.2) is 79.0 Å². The van der Waals surface area contributed by atoms with Crippen LogP contribution in [0, 0.1) is 5.82 Å². The summed E-state index contributed by atoms with van der Waals surface area (Å²) in [7, 11) is 1.58. The average molecular weight is 519 g/mol. The molecular weight excluding hydrogens is 495 g/mol. The van der Waals surface area contributed by atoms with Gasteiger partial charge in [0.25, 0.3) is 5.91 Å². The Morgan fingerprint density at radius 1 is 1.11 bits per heavy atom. The largest absolute Gasteiger partial charge is 0.497 e. The van der Waals surface area contributed by atoms with Crippen molar-refractivity contribution in [1.29, 1.82) is 0 Å². The quantitative estimate of drug-likeness (QED) is 0.330. The van der Waals surface area contributed by atoms with E-state index in [1.165, 1.54) is 23.1 Å². The molecule has 1 heterocycles. The van der Waals surface area contributed by atoms with E-state index in [4.69, 9.17) is 16.3 Å². The molecule has 0 saturated heterocycles. The monoisotopic (exact) mass is 518 g/mol. The Morgan fingerprint density at radius 3 is 2.57 bits per heavy atom. The van der Waals surface area contributed by atoms with Crippen molar-refractivity contribution in [1.82, 2.24) is 14.5 Å². The van der Waals surface area contributed by atoms with Crippen LogP contribution in [0.3, 0.4) is 0 Å². The van der Waals surface area contributed by atoms with Crippen molar-refractivity contribution in [3.8, 4) is 22.7 Å². The van der Waals surface area contributed by atoms with Gasteiger partial charge >= 0.3 is 0 Å². The third-order valence-electron chi connectivity index (χ3n) is 6.10. The zero-order valence-electron chi connectivity index (χ0n) is 20.0. The number of carbonyl (C=O) groups is 2. The van der Waals surface area contributed by atoms with Gasteiger partial charge in [0.2, 0.25) is 11.9 Å². The molecule has 0 spiro atoms. The molecule has 37 heavy (non-hydrogen) atoms. The van der Waals surface area contributed by atoms with Crippen LogP contribution in [0.2, 0.25) is 5.02 Å². The number of methoxy groups -OCH3 is 1. The van der Waals surface area contributed by atoms with E-state index in [9.17, 15) is 14.0 Å². The summed E-state index contributed by atoms with van der Waals surface area (Å²) in [5.41, 5.74) is 2.11. The van der Waals surface area contributed by atoms with Crippen LogP contribution in [0.4, 0.5) is 10.3 Å². The molecule has 0 atom stereocenters. The van der Waals surface area contributed by atoms with E-state index in [0.717, 1.165) is 24.1 Å². The number of rotatable bonds is 8. The minimum atomic E-state index is -0.611. The van der Waals surface area contributed by atoms with Gasteiger partial charge in [-0.25, -0.2) is 9.37 Å². The summed E-state index contributed by atoms with van der Waals surface area (Å²) < 4.78 is 21.4. The maximum atomic E-state index is 14.3. The Balaban J connectivity index is 1.44. The van der Waals surface area contributed by atoms with E-state index >= 15 is 0 Å². The lowest BCUT2D eigenvalue weighted by atomic mass is 10.2. The highest BCUT2D eigenvalue weighted by Gasteiger charge is 2.35. The number of anilines is 1. The lowest BCUT2D eigenvalue weighted by Crippen LogP contribution is -2.40. The first-order valence-electron chi connectivity index (χ1n) is 11.8. The molecule has 0 radical (unpaired) electrons. The van der Waals surface area contributed by atoms with E-state index < -0.39 is 17.6 Å². The van der Waals surface area contributed by atoms with E-state index in [2.05, 4.69) is 10.3 Å². The number of benzene rings is 3. The van der Waals surface area contributed by atoms with Crippen LogP contribution in [0.1, 0.15) is 23.2 Å². The summed E-state index contributed by atoms with van der Waals surface area (Å²) in [6, 6.07) is 20.3. The Labute approximate surface area is 218 Å². The first-order valence-corrected chi connectivity index (χ1v) is 12.2. The van der Waals surface area contributed by atoms with Gasteiger partial charge in [-0.2, -0.15) is 0 Å². The molecular formula is C28H24ClFN4O3. The number of nitrogens with zero attached hydrogens (tertiary/aromatic N) is 3. The van der Waals surface area contributed by atoms with E-state index in [0.29, 0.717) is 16.5 Å². The highest BCUT2D eigenvalue weighted by molar-refractivity contribution is 6.30. The molecule has 1 aliphatic carbocycles. The minimum absolute atomic E-state index is 0.0508. The van der Waals surface area contributed by atoms with Crippen molar-refractivity contribution in [2.75, 3.05) is 19.0 Å². The molecule has 1 N–H and O–H groups in total. The standard InChI is InChI=1S/C28H24ClFN4O3/c1-37-22-6-4-5-21(15-22)34-16-25(18-9-11-19(29)12-10-18)31-28(34)32-26(35)17-33(20-13-14-20)27(36)23-7-2-3-8-24(23)30/h2-12,15-16,20H,13-14,17H2,1H3,(H,31,32,35). The summed E-state index contributed by atoms with van der Waals surface area (Å²) >= 11 is 6.04. The molecule has 188 valence electrons. The summed E-state index contributed by atoms with van der Waals surface area (Å²) in [5.74, 6) is -0.633. The van der Waals surface area contributed by atoms with Crippen molar-refractivity contribution in [2.45, 2.75) is 18.9 Å². The minimum Gasteiger partial charge on any atom is -0.497 e. The molecule has 9 heteroatoms. The van der Waals surface area contributed by atoms with Crippen LogP contribution in [0.25, 0.3) is 16.9 Å². The molecule has 1 fully saturated rings. The Hall–Kier alpha value is -4.17. The second kappa shape index (κ2) is 10.4. The number of halogens is 2. The number of aromatic nitrogens is 2. The fourth-order valence-corrected chi connectivity index (χ4v) is 4.17. The second-order valence-electron chi connectivity index (χ2n) is 8.72. The van der Waals surface area contributed by atoms with Gasteiger partial charge in [-0.05, 0) is 49.2 Å². The number of ether oxygens (including phenoxy) is 1. The summed E-state index contributed by atoms with van der Waals surface area (Å²) in [6.45, 7) is -0.223. The maximum absolute atomic E-state index is 14.3. The van der Waals surface area contributed by atoms with Crippen molar-refractivity contribution < 1.29 is 18.7 Å². The Morgan fingerprint density at radius 2 is 1.86 bits per heavy atom. The molecule has 1 aliphatic rings. The molecule has 7 nitrogen and oxygen atoms in total. The van der Waals surface area contributed by atoms with Crippen LogP contribution in [0.5, 0.6) is 5.75 Å². The molecule has 0 bridgehead atoms. The normalized spacial score (nSPS) is 12.7. The summed E-state index contributed by atoms with van der Waals surface area (Å²) in [5, 5.41) is 3.44. The molecule has 0 unspecified atom stereocenters. The fraction of sp³-hybridized carbons (Fsp3) is 0.179. The van der Waals surface area contributed by atoms with Crippen LogP contribution >= 0.6 is 11.6 Å². The third-order valence-corrected chi connectivity index (χ3v) is 6.35. The fourth-order valence-electron chi connectivity index (χ4n) is 4.05. The highest BCUT2D eigenvalue weighted by Crippen LogP contribution is 2.30. The average Bonchev–Trinajstić information content (AvgIpc) is 3.67. The molecule has 4 aromatic rings. The molecule has 1 aromatic heterocycles. The van der Waals surface area contributed by atoms with Gasteiger partial charge in [0, 0.05) is 28.9 Å². The van der Waals surface area contributed by atoms with Crippen LogP contribution < -0.4 is 10.1 Å². The first-order chi connectivity index (χ1) is 17.9. The van der Waals surface area contributed by atoms with E-state index in [1.807, 2.05) is 36.4 Å². The smallest absolute Gasteiger partial charge is 0.257 e. The van der Waals surface area contributed by atoms with Gasteiger partial charge in [0.15, 0.2) is 0 Å². The number of nitrogens with one attached hydrogen (secondary N) is 1. The van der Waals surface area contributed by atoms with Crippen molar-refractivity contribution >= 4 is 29.4 Å². The zero-order chi connectivity index (χ0) is 25.9. The zero-order valence-corrected chi connectivity index (χ0v) is 20.8. The van der Waals surface area contributed by atoms with Gasteiger partial charge in [0.05, 0.1) is 24.1 Å². The van der Waals surface area contributed by atoms with Crippen molar-refractivity contribution in [3.05, 3.63) is 95.4 Å². The number of hydrogen-bond donors (Lipinski definition) is 1. The predicted octanol–water partition coefficient (Wildman–Crippen LogP) is 5.58. The molecule has 0 aliphatic heterocycles. The van der Waals surface area contributed by atoms with Gasteiger partial charge in [-0.15, -0.1) is 0 Å². The lowest BCUT2D eigenvalue weighted by Gasteiger charge is -2.22. The van der Waals surface area contributed by atoms with Crippen molar-refractivity contribution in [2.24, 2.45) is 0 Å². The molecule has 5 rings (SSSR count). The number of hydrogen-bond acceptors (Lipinski definition) is 4. The predicted molar refractivity (Wildman–Crippen MR) is 140 cm³/mol. The number of imidazole rings is 1.